The highest BCUT2D eigenvalue weighted by atomic mass is 32.2. The monoisotopic (exact) mass is 295 g/mol. The maximum absolute atomic E-state index is 12.0. The summed E-state index contributed by atoms with van der Waals surface area (Å²) in [6.07, 6.45) is 1.41. The first-order valence-electron chi connectivity index (χ1n) is 6.52. The van der Waals surface area contributed by atoms with Crippen LogP contribution in [0.1, 0.15) is 12.8 Å². The first-order valence-corrected chi connectivity index (χ1v) is 8.24. The highest BCUT2D eigenvalue weighted by molar-refractivity contribution is 7.92. The minimum Gasteiger partial charge on any atom is -0.497 e. The summed E-state index contributed by atoms with van der Waals surface area (Å²) in [6.45, 7) is 0.359. The van der Waals surface area contributed by atoms with E-state index in [2.05, 4.69) is 4.98 Å². The number of fused-ring (bicyclic) bond motifs is 1. The molecule has 108 valence electrons. The maximum atomic E-state index is 12.0. The molecule has 0 amide bonds. The van der Waals surface area contributed by atoms with Gasteiger partial charge in [0.15, 0.2) is 9.84 Å². The number of benzene rings is 1. The van der Waals surface area contributed by atoms with Gasteiger partial charge in [0.05, 0.1) is 29.1 Å². The van der Waals surface area contributed by atoms with E-state index >= 15 is 0 Å². The topological polar surface area (TPSA) is 87.2 Å². The molecule has 7 heteroatoms. The van der Waals surface area contributed by atoms with Crippen molar-refractivity contribution in [3.05, 3.63) is 18.2 Å². The predicted molar refractivity (Wildman–Crippen MR) is 77.5 cm³/mol. The second-order valence-corrected chi connectivity index (χ2v) is 7.47. The van der Waals surface area contributed by atoms with Crippen LogP contribution in [0.25, 0.3) is 11.0 Å². The molecule has 0 bridgehead atoms. The fraction of sp³-hybridized carbons (Fsp3) is 0.462. The second-order valence-electron chi connectivity index (χ2n) is 5.07. The molecule has 1 fully saturated rings. The molecule has 20 heavy (non-hydrogen) atoms. The molecule has 2 N–H and O–H groups in total. The van der Waals surface area contributed by atoms with Crippen molar-refractivity contribution in [1.29, 1.82) is 0 Å². The summed E-state index contributed by atoms with van der Waals surface area (Å²) >= 11 is 0. The Hall–Kier alpha value is -1.76. The van der Waals surface area contributed by atoms with Gasteiger partial charge in [0, 0.05) is 12.6 Å². The number of hydrogen-bond acceptors (Lipinski definition) is 5. The number of ether oxygens (including phenoxy) is 1. The Morgan fingerprint density at radius 2 is 2.30 bits per heavy atom. The minimum atomic E-state index is -3.00. The van der Waals surface area contributed by atoms with E-state index in [1.54, 1.807) is 11.7 Å². The number of sulfone groups is 1. The van der Waals surface area contributed by atoms with Crippen molar-refractivity contribution in [2.75, 3.05) is 18.6 Å². The summed E-state index contributed by atoms with van der Waals surface area (Å²) in [5.41, 5.74) is 7.49. The van der Waals surface area contributed by atoms with Gasteiger partial charge in [-0.3, -0.25) is 0 Å². The molecular formula is C13H17N3O3S. The standard InChI is InChI=1S/C13H17N3O3S/c1-19-9-4-5-11-12(7-9)16(13(14)15-11)8-10-3-2-6-20(10,17)18/h4-5,7,10H,2-3,6,8H2,1H3,(H2,14,15). The van der Waals surface area contributed by atoms with Gasteiger partial charge < -0.3 is 15.0 Å². The third-order valence-corrected chi connectivity index (χ3v) is 6.09. The van der Waals surface area contributed by atoms with Crippen LogP contribution >= 0.6 is 0 Å². The van der Waals surface area contributed by atoms with Gasteiger partial charge in [-0.2, -0.15) is 0 Å². The van der Waals surface area contributed by atoms with E-state index in [-0.39, 0.29) is 11.0 Å². The van der Waals surface area contributed by atoms with Crippen LogP contribution in [0.5, 0.6) is 5.75 Å². The molecule has 1 aromatic carbocycles. The fourth-order valence-electron chi connectivity index (χ4n) is 2.71. The first kappa shape index (κ1) is 13.2. The van der Waals surface area contributed by atoms with E-state index in [1.807, 2.05) is 18.2 Å². The minimum absolute atomic E-state index is 0.271. The Morgan fingerprint density at radius 3 is 2.95 bits per heavy atom. The van der Waals surface area contributed by atoms with Crippen molar-refractivity contribution in [3.8, 4) is 5.75 Å². The van der Waals surface area contributed by atoms with Crippen molar-refractivity contribution in [2.45, 2.75) is 24.6 Å². The number of hydrogen-bond donors (Lipinski definition) is 1. The van der Waals surface area contributed by atoms with Crippen LogP contribution in [0.3, 0.4) is 0 Å². The lowest BCUT2D eigenvalue weighted by Gasteiger charge is -2.12. The van der Waals surface area contributed by atoms with Gasteiger partial charge in [-0.15, -0.1) is 0 Å². The van der Waals surface area contributed by atoms with Gasteiger partial charge in [0.1, 0.15) is 5.75 Å². The second kappa shape index (κ2) is 4.66. The third-order valence-electron chi connectivity index (χ3n) is 3.83. The van der Waals surface area contributed by atoms with Gasteiger partial charge >= 0.3 is 0 Å². The molecule has 1 aromatic heterocycles. The molecule has 3 rings (SSSR count). The lowest BCUT2D eigenvalue weighted by molar-refractivity contribution is 0.415. The predicted octanol–water partition coefficient (Wildman–Crippen LogP) is 1.20. The highest BCUT2D eigenvalue weighted by Crippen LogP contribution is 2.27. The van der Waals surface area contributed by atoms with Gasteiger partial charge in [-0.1, -0.05) is 0 Å². The molecule has 2 aromatic rings. The van der Waals surface area contributed by atoms with Crippen LogP contribution in [0, 0.1) is 0 Å². The van der Waals surface area contributed by atoms with Gasteiger partial charge in [0.2, 0.25) is 5.95 Å². The summed E-state index contributed by atoms with van der Waals surface area (Å²) < 4.78 is 30.9. The molecule has 1 saturated heterocycles. The van der Waals surface area contributed by atoms with Crippen molar-refractivity contribution in [1.82, 2.24) is 9.55 Å². The van der Waals surface area contributed by atoms with Gasteiger partial charge in [-0.25, -0.2) is 13.4 Å². The molecule has 1 aliphatic rings. The van der Waals surface area contributed by atoms with E-state index in [0.29, 0.717) is 24.7 Å². The summed E-state index contributed by atoms with van der Waals surface area (Å²) in [7, 11) is -1.41. The zero-order chi connectivity index (χ0) is 14.3. The number of anilines is 1. The van der Waals surface area contributed by atoms with Crippen LogP contribution in [0.15, 0.2) is 18.2 Å². The zero-order valence-corrected chi connectivity index (χ0v) is 12.1. The Kier molecular flexibility index (Phi) is 3.08. The summed E-state index contributed by atoms with van der Waals surface area (Å²) in [5.74, 6) is 1.32. The first-order chi connectivity index (χ1) is 9.51. The quantitative estimate of drug-likeness (QED) is 0.919. The van der Waals surface area contributed by atoms with Crippen molar-refractivity contribution in [3.63, 3.8) is 0 Å². The molecular weight excluding hydrogens is 278 g/mol. The maximum Gasteiger partial charge on any atom is 0.201 e. The molecule has 1 aliphatic heterocycles. The zero-order valence-electron chi connectivity index (χ0n) is 11.2. The number of nitrogens with zero attached hydrogens (tertiary/aromatic N) is 2. The molecule has 0 radical (unpaired) electrons. The lowest BCUT2D eigenvalue weighted by Crippen LogP contribution is -2.23. The summed E-state index contributed by atoms with van der Waals surface area (Å²) in [6, 6.07) is 5.47. The Morgan fingerprint density at radius 1 is 1.50 bits per heavy atom. The normalized spacial score (nSPS) is 21.4. The van der Waals surface area contributed by atoms with E-state index in [1.165, 1.54) is 0 Å². The molecule has 2 heterocycles. The van der Waals surface area contributed by atoms with Crippen molar-refractivity contribution < 1.29 is 13.2 Å². The van der Waals surface area contributed by atoms with Crippen LogP contribution in [0.4, 0.5) is 5.95 Å². The van der Waals surface area contributed by atoms with Crippen LogP contribution in [-0.2, 0) is 16.4 Å². The molecule has 1 unspecified atom stereocenters. The number of nitrogen functional groups attached to an aromatic ring is 1. The Labute approximate surface area is 117 Å². The average Bonchev–Trinajstić information content (AvgIpc) is 2.90. The Balaban J connectivity index is 2.04. The van der Waals surface area contributed by atoms with Crippen molar-refractivity contribution in [2.24, 2.45) is 0 Å². The number of aromatic nitrogens is 2. The largest absolute Gasteiger partial charge is 0.497 e. The van der Waals surface area contributed by atoms with Gasteiger partial charge in [-0.05, 0) is 25.0 Å². The molecule has 0 spiro atoms. The highest BCUT2D eigenvalue weighted by Gasteiger charge is 2.32. The number of imidazole rings is 1. The van der Waals surface area contributed by atoms with Crippen LogP contribution < -0.4 is 10.5 Å². The molecule has 1 atom stereocenters. The summed E-state index contributed by atoms with van der Waals surface area (Å²) in [4.78, 5) is 4.27. The van der Waals surface area contributed by atoms with E-state index in [0.717, 1.165) is 17.5 Å². The van der Waals surface area contributed by atoms with Crippen LogP contribution in [0.2, 0.25) is 0 Å². The summed E-state index contributed by atoms with van der Waals surface area (Å²) in [5, 5.41) is -0.367. The molecule has 0 saturated carbocycles. The van der Waals surface area contributed by atoms with Crippen LogP contribution in [-0.4, -0.2) is 36.1 Å². The van der Waals surface area contributed by atoms with E-state index in [9.17, 15) is 8.42 Å². The third kappa shape index (κ3) is 2.11. The lowest BCUT2D eigenvalue weighted by atomic mass is 10.2. The number of rotatable bonds is 3. The average molecular weight is 295 g/mol. The van der Waals surface area contributed by atoms with Crippen molar-refractivity contribution >= 4 is 26.8 Å². The SMILES string of the molecule is COc1ccc2nc(N)n(CC3CCCS3(=O)=O)c2c1. The van der Waals surface area contributed by atoms with Gasteiger partial charge in [0.25, 0.3) is 0 Å². The fourth-order valence-corrected chi connectivity index (χ4v) is 4.51. The molecule has 0 aliphatic carbocycles. The van der Waals surface area contributed by atoms with E-state index < -0.39 is 9.84 Å². The number of methoxy groups -OCH3 is 1. The Bertz CT molecular complexity index is 752. The molecule has 6 nitrogen and oxygen atoms in total. The smallest absolute Gasteiger partial charge is 0.201 e. The van der Waals surface area contributed by atoms with E-state index in [4.69, 9.17) is 10.5 Å². The number of nitrogens with two attached hydrogens (primary N) is 1.